The van der Waals surface area contributed by atoms with Crippen molar-refractivity contribution in [2.75, 3.05) is 13.7 Å². The summed E-state index contributed by atoms with van der Waals surface area (Å²) in [5.41, 5.74) is 0.824. The van der Waals surface area contributed by atoms with Gasteiger partial charge in [0.2, 0.25) is 0 Å². The molecular formula is C18H22O8. The van der Waals surface area contributed by atoms with Crippen LogP contribution in [0, 0.1) is 0 Å². The number of esters is 2. The Morgan fingerprint density at radius 2 is 1.65 bits per heavy atom. The quantitative estimate of drug-likeness (QED) is 0.738. The van der Waals surface area contributed by atoms with Crippen LogP contribution in [0.5, 0.6) is 0 Å². The lowest BCUT2D eigenvalue weighted by atomic mass is 9.97. The molecule has 0 aromatic heterocycles. The topological polar surface area (TPSA) is 89.5 Å². The maximum absolute atomic E-state index is 11.6. The van der Waals surface area contributed by atoms with Gasteiger partial charge in [0.1, 0.15) is 12.2 Å². The lowest BCUT2D eigenvalue weighted by Gasteiger charge is -2.47. The Balaban J connectivity index is 1.86. The van der Waals surface area contributed by atoms with Crippen LogP contribution in [0.25, 0.3) is 0 Å². The van der Waals surface area contributed by atoms with Gasteiger partial charge >= 0.3 is 11.9 Å². The number of methoxy groups -OCH3 is 1. The third kappa shape index (κ3) is 4.04. The number of rotatable bonds is 4. The molecule has 0 bridgehead atoms. The minimum atomic E-state index is -0.947. The Morgan fingerprint density at radius 1 is 1.00 bits per heavy atom. The molecule has 8 heteroatoms. The Kier molecular flexibility index (Phi) is 5.87. The molecule has 1 aromatic rings. The van der Waals surface area contributed by atoms with Gasteiger partial charge in [0.15, 0.2) is 24.8 Å². The first kappa shape index (κ1) is 18.8. The fourth-order valence-electron chi connectivity index (χ4n) is 3.16. The maximum atomic E-state index is 11.6. The molecule has 0 unspecified atom stereocenters. The van der Waals surface area contributed by atoms with E-state index in [2.05, 4.69) is 0 Å². The normalized spacial score (nSPS) is 33.8. The Hall–Kier alpha value is -2.00. The number of carbonyl (C=O) groups excluding carboxylic acids is 2. The zero-order valence-corrected chi connectivity index (χ0v) is 14.8. The van der Waals surface area contributed by atoms with Crippen molar-refractivity contribution in [2.24, 2.45) is 0 Å². The first-order valence-corrected chi connectivity index (χ1v) is 8.34. The lowest BCUT2D eigenvalue weighted by Crippen LogP contribution is -2.64. The highest BCUT2D eigenvalue weighted by Gasteiger charge is 2.53. The van der Waals surface area contributed by atoms with Crippen LogP contribution in [-0.2, 0) is 38.0 Å². The van der Waals surface area contributed by atoms with Crippen molar-refractivity contribution >= 4 is 11.9 Å². The van der Waals surface area contributed by atoms with E-state index in [1.54, 1.807) is 0 Å². The average molecular weight is 366 g/mol. The number of hydrogen-bond acceptors (Lipinski definition) is 8. The van der Waals surface area contributed by atoms with E-state index in [9.17, 15) is 9.59 Å². The SMILES string of the molecule is CO[C@H]1O[C@@H]2CO[C@H](c3ccccc3)O[C@H]2[C@H](OC(C)=O)[C@@H]1OC(C)=O. The fraction of sp³-hybridized carbons (Fsp3) is 0.556. The van der Waals surface area contributed by atoms with E-state index in [1.807, 2.05) is 30.3 Å². The van der Waals surface area contributed by atoms with Gasteiger partial charge in [-0.05, 0) is 0 Å². The van der Waals surface area contributed by atoms with Gasteiger partial charge in [0.25, 0.3) is 0 Å². The number of ether oxygens (including phenoxy) is 6. The zero-order valence-electron chi connectivity index (χ0n) is 14.8. The van der Waals surface area contributed by atoms with Gasteiger partial charge < -0.3 is 28.4 Å². The molecule has 2 saturated heterocycles. The van der Waals surface area contributed by atoms with Crippen molar-refractivity contribution in [1.82, 2.24) is 0 Å². The summed E-state index contributed by atoms with van der Waals surface area (Å²) in [6, 6.07) is 9.38. The van der Waals surface area contributed by atoms with Gasteiger partial charge in [-0.2, -0.15) is 0 Å². The largest absolute Gasteiger partial charge is 0.455 e. The van der Waals surface area contributed by atoms with E-state index in [0.29, 0.717) is 0 Å². The second-order valence-electron chi connectivity index (χ2n) is 6.10. The highest BCUT2D eigenvalue weighted by Crippen LogP contribution is 2.36. The monoisotopic (exact) mass is 366 g/mol. The summed E-state index contributed by atoms with van der Waals surface area (Å²) in [5, 5.41) is 0. The lowest BCUT2D eigenvalue weighted by molar-refractivity contribution is -0.359. The molecule has 2 heterocycles. The summed E-state index contributed by atoms with van der Waals surface area (Å²) in [7, 11) is 1.42. The van der Waals surface area contributed by atoms with Crippen molar-refractivity contribution < 1.29 is 38.0 Å². The summed E-state index contributed by atoms with van der Waals surface area (Å²) in [6.07, 6.45) is -4.57. The van der Waals surface area contributed by atoms with Crippen molar-refractivity contribution in [3.8, 4) is 0 Å². The molecule has 6 atom stereocenters. The summed E-state index contributed by atoms with van der Waals surface area (Å²) in [5.74, 6) is -1.06. The standard InChI is InChI=1S/C18H22O8/c1-10(19)23-15-14-13(25-18(21-3)16(15)24-11(2)20)9-22-17(26-14)12-7-5-4-6-8-12/h4-8,13-18H,9H2,1-3H3/t13-,14-,15+,16+,17+,18+/m1/s1. The fourth-order valence-corrected chi connectivity index (χ4v) is 3.16. The molecule has 26 heavy (non-hydrogen) atoms. The summed E-state index contributed by atoms with van der Waals surface area (Å²) < 4.78 is 33.6. The van der Waals surface area contributed by atoms with Crippen LogP contribution < -0.4 is 0 Å². The van der Waals surface area contributed by atoms with E-state index in [0.717, 1.165) is 5.56 Å². The minimum absolute atomic E-state index is 0.217. The number of carbonyl (C=O) groups is 2. The first-order chi connectivity index (χ1) is 12.5. The maximum Gasteiger partial charge on any atom is 0.303 e. The van der Waals surface area contributed by atoms with E-state index in [-0.39, 0.29) is 6.61 Å². The summed E-state index contributed by atoms with van der Waals surface area (Å²) in [6.45, 7) is 2.76. The molecule has 142 valence electrons. The molecule has 2 aliphatic rings. The van der Waals surface area contributed by atoms with Gasteiger partial charge in [0, 0.05) is 26.5 Å². The smallest absolute Gasteiger partial charge is 0.303 e. The van der Waals surface area contributed by atoms with E-state index in [1.165, 1.54) is 21.0 Å². The van der Waals surface area contributed by atoms with Gasteiger partial charge in [-0.15, -0.1) is 0 Å². The minimum Gasteiger partial charge on any atom is -0.455 e. The van der Waals surface area contributed by atoms with E-state index < -0.39 is 48.9 Å². The number of benzene rings is 1. The molecule has 3 rings (SSSR count). The van der Waals surface area contributed by atoms with Crippen LogP contribution in [0.2, 0.25) is 0 Å². The third-order valence-electron chi connectivity index (χ3n) is 4.19. The molecule has 2 aliphatic heterocycles. The predicted molar refractivity (Wildman–Crippen MR) is 86.8 cm³/mol. The highest BCUT2D eigenvalue weighted by atomic mass is 16.8. The molecule has 2 fully saturated rings. The molecule has 0 spiro atoms. The molecule has 0 aliphatic carbocycles. The molecule has 0 radical (unpaired) electrons. The van der Waals surface area contributed by atoms with E-state index >= 15 is 0 Å². The van der Waals surface area contributed by atoms with Crippen LogP contribution >= 0.6 is 0 Å². The number of hydrogen-bond donors (Lipinski definition) is 0. The molecule has 0 saturated carbocycles. The average Bonchev–Trinajstić information content (AvgIpc) is 2.63. The Morgan fingerprint density at radius 3 is 2.27 bits per heavy atom. The van der Waals surface area contributed by atoms with Gasteiger partial charge in [-0.25, -0.2) is 0 Å². The van der Waals surface area contributed by atoms with Crippen molar-refractivity contribution in [3.05, 3.63) is 35.9 Å². The molecular weight excluding hydrogens is 344 g/mol. The van der Waals surface area contributed by atoms with Crippen LogP contribution in [-0.4, -0.2) is 56.4 Å². The van der Waals surface area contributed by atoms with Crippen LogP contribution in [0.4, 0.5) is 0 Å². The van der Waals surface area contributed by atoms with Crippen molar-refractivity contribution in [1.29, 1.82) is 0 Å². The molecule has 8 nitrogen and oxygen atoms in total. The first-order valence-electron chi connectivity index (χ1n) is 8.34. The van der Waals surface area contributed by atoms with Crippen LogP contribution in [0.1, 0.15) is 25.7 Å². The second-order valence-corrected chi connectivity index (χ2v) is 6.10. The second kappa shape index (κ2) is 8.13. The van der Waals surface area contributed by atoms with E-state index in [4.69, 9.17) is 28.4 Å². The summed E-state index contributed by atoms with van der Waals surface area (Å²) in [4.78, 5) is 23.1. The van der Waals surface area contributed by atoms with Crippen molar-refractivity contribution in [3.63, 3.8) is 0 Å². The summed E-state index contributed by atoms with van der Waals surface area (Å²) >= 11 is 0. The third-order valence-corrected chi connectivity index (χ3v) is 4.19. The predicted octanol–water partition coefficient (Wildman–Crippen LogP) is 1.34. The molecule has 1 aromatic carbocycles. The highest BCUT2D eigenvalue weighted by molar-refractivity contribution is 5.67. The van der Waals surface area contributed by atoms with Crippen LogP contribution in [0.15, 0.2) is 30.3 Å². The zero-order chi connectivity index (χ0) is 18.7. The number of fused-ring (bicyclic) bond motifs is 1. The van der Waals surface area contributed by atoms with Gasteiger partial charge in [-0.1, -0.05) is 30.3 Å². The molecule has 0 amide bonds. The van der Waals surface area contributed by atoms with Crippen molar-refractivity contribution in [2.45, 2.75) is 50.8 Å². The molecule has 0 N–H and O–H groups in total. The van der Waals surface area contributed by atoms with Gasteiger partial charge in [-0.3, -0.25) is 9.59 Å². The van der Waals surface area contributed by atoms with Crippen LogP contribution in [0.3, 0.4) is 0 Å². The Bertz CT molecular complexity index is 633. The Labute approximate surface area is 151 Å². The van der Waals surface area contributed by atoms with Gasteiger partial charge in [0.05, 0.1) is 6.61 Å².